The molecule has 0 aliphatic rings. The summed E-state index contributed by atoms with van der Waals surface area (Å²) in [7, 11) is 0. The summed E-state index contributed by atoms with van der Waals surface area (Å²) >= 11 is 0. The van der Waals surface area contributed by atoms with Crippen LogP contribution >= 0.6 is 0 Å². The number of aromatic nitrogens is 2. The minimum Gasteiger partial charge on any atom is -0.467 e. The molecule has 0 atom stereocenters. The van der Waals surface area contributed by atoms with Crippen molar-refractivity contribution in [3.8, 4) is 11.4 Å². The summed E-state index contributed by atoms with van der Waals surface area (Å²) in [6.45, 7) is 2.65. The molecule has 0 amide bonds. The van der Waals surface area contributed by atoms with Crippen molar-refractivity contribution in [3.05, 3.63) is 78.3 Å². The van der Waals surface area contributed by atoms with Gasteiger partial charge in [-0.15, -0.1) is 0 Å². The first-order valence-electron chi connectivity index (χ1n) is 7.90. The van der Waals surface area contributed by atoms with Crippen LogP contribution in [0.1, 0.15) is 11.3 Å². The Morgan fingerprint density at radius 3 is 2.71 bits per heavy atom. The lowest BCUT2D eigenvalue weighted by molar-refractivity contribution is 0.518. The van der Waals surface area contributed by atoms with Gasteiger partial charge in [-0.05, 0) is 37.3 Å². The maximum Gasteiger partial charge on any atom is 0.162 e. The van der Waals surface area contributed by atoms with E-state index in [1.165, 1.54) is 5.56 Å². The fourth-order valence-electron chi connectivity index (χ4n) is 2.71. The summed E-state index contributed by atoms with van der Waals surface area (Å²) < 4.78 is 5.39. The normalized spacial score (nSPS) is 10.9. The van der Waals surface area contributed by atoms with Gasteiger partial charge in [-0.3, -0.25) is 0 Å². The number of nitrogens with one attached hydrogen (secondary N) is 1. The van der Waals surface area contributed by atoms with Crippen LogP contribution in [-0.4, -0.2) is 9.97 Å². The molecule has 2 aromatic heterocycles. The van der Waals surface area contributed by atoms with Gasteiger partial charge in [-0.2, -0.15) is 0 Å². The van der Waals surface area contributed by atoms with Crippen LogP contribution in [0.3, 0.4) is 0 Å². The number of nitrogens with zero attached hydrogens (tertiary/aromatic N) is 2. The van der Waals surface area contributed by atoms with Crippen molar-refractivity contribution in [2.75, 3.05) is 5.32 Å². The van der Waals surface area contributed by atoms with Gasteiger partial charge >= 0.3 is 0 Å². The molecule has 118 valence electrons. The molecular weight excluding hydrogens is 298 g/mol. The highest BCUT2D eigenvalue weighted by molar-refractivity contribution is 5.90. The molecule has 0 unspecified atom stereocenters. The van der Waals surface area contributed by atoms with Gasteiger partial charge in [0.1, 0.15) is 11.6 Å². The summed E-state index contributed by atoms with van der Waals surface area (Å²) in [5.74, 6) is 2.41. The Hall–Kier alpha value is -3.14. The molecule has 0 saturated heterocycles. The minimum atomic E-state index is 0.585. The number of fused-ring (bicyclic) bond motifs is 1. The molecule has 2 aromatic carbocycles. The molecule has 0 aliphatic heterocycles. The summed E-state index contributed by atoms with van der Waals surface area (Å²) in [6, 6.07) is 20.1. The first-order valence-corrected chi connectivity index (χ1v) is 7.90. The summed E-state index contributed by atoms with van der Waals surface area (Å²) in [5, 5.41) is 4.37. The maximum atomic E-state index is 5.39. The van der Waals surface area contributed by atoms with Gasteiger partial charge in [0.05, 0.1) is 18.3 Å². The van der Waals surface area contributed by atoms with E-state index in [1.807, 2.05) is 48.5 Å². The molecule has 0 bridgehead atoms. The summed E-state index contributed by atoms with van der Waals surface area (Å²) in [6.07, 6.45) is 1.67. The summed E-state index contributed by atoms with van der Waals surface area (Å²) in [4.78, 5) is 9.47. The molecule has 4 nitrogen and oxygen atoms in total. The first-order chi connectivity index (χ1) is 11.8. The van der Waals surface area contributed by atoms with E-state index in [4.69, 9.17) is 14.4 Å². The highest BCUT2D eigenvalue weighted by Crippen LogP contribution is 2.25. The average Bonchev–Trinajstić information content (AvgIpc) is 3.13. The van der Waals surface area contributed by atoms with Gasteiger partial charge in [0.25, 0.3) is 0 Å². The molecule has 1 N–H and O–H groups in total. The van der Waals surface area contributed by atoms with Crippen LogP contribution in [0.4, 0.5) is 5.82 Å². The monoisotopic (exact) mass is 315 g/mol. The molecule has 4 heteroatoms. The van der Waals surface area contributed by atoms with Crippen LogP contribution in [0, 0.1) is 6.92 Å². The number of furan rings is 1. The molecule has 0 radical (unpaired) electrons. The zero-order valence-corrected chi connectivity index (χ0v) is 13.4. The Morgan fingerprint density at radius 2 is 1.88 bits per heavy atom. The number of anilines is 1. The quantitative estimate of drug-likeness (QED) is 0.587. The van der Waals surface area contributed by atoms with E-state index in [1.54, 1.807) is 6.26 Å². The van der Waals surface area contributed by atoms with Crippen molar-refractivity contribution in [2.45, 2.75) is 13.5 Å². The van der Waals surface area contributed by atoms with Crippen LogP contribution in [0.15, 0.2) is 71.3 Å². The van der Waals surface area contributed by atoms with Crippen LogP contribution in [-0.2, 0) is 6.54 Å². The van der Waals surface area contributed by atoms with E-state index in [-0.39, 0.29) is 0 Å². The standard InChI is InChI=1S/C20H17N3O/c1-14-6-4-7-15(12-14)19-22-18-10-3-2-9-17(18)20(23-19)21-13-16-8-5-11-24-16/h2-12H,13H2,1H3,(H,21,22,23). The number of hydrogen-bond acceptors (Lipinski definition) is 4. The van der Waals surface area contributed by atoms with Crippen LogP contribution < -0.4 is 5.32 Å². The van der Waals surface area contributed by atoms with Crippen LogP contribution in [0.2, 0.25) is 0 Å². The molecule has 4 rings (SSSR count). The van der Waals surface area contributed by atoms with Crippen molar-refractivity contribution in [1.82, 2.24) is 9.97 Å². The highest BCUT2D eigenvalue weighted by Gasteiger charge is 2.09. The van der Waals surface area contributed by atoms with Crippen molar-refractivity contribution < 1.29 is 4.42 Å². The average molecular weight is 315 g/mol. The van der Waals surface area contributed by atoms with Crippen LogP contribution in [0.5, 0.6) is 0 Å². The SMILES string of the molecule is Cc1cccc(-c2nc(NCc3ccco3)c3ccccc3n2)c1. The fourth-order valence-corrected chi connectivity index (χ4v) is 2.71. The number of hydrogen-bond donors (Lipinski definition) is 1. The van der Waals surface area contributed by atoms with Gasteiger partial charge in [0.2, 0.25) is 0 Å². The minimum absolute atomic E-state index is 0.585. The maximum absolute atomic E-state index is 5.39. The second kappa shape index (κ2) is 6.16. The van der Waals surface area contributed by atoms with Gasteiger partial charge in [0, 0.05) is 10.9 Å². The molecule has 2 heterocycles. The lowest BCUT2D eigenvalue weighted by Crippen LogP contribution is -2.03. The zero-order chi connectivity index (χ0) is 16.4. The predicted molar refractivity (Wildman–Crippen MR) is 95.7 cm³/mol. The Labute approximate surface area is 140 Å². The van der Waals surface area contributed by atoms with Gasteiger partial charge in [-0.1, -0.05) is 35.9 Å². The number of benzene rings is 2. The largest absolute Gasteiger partial charge is 0.467 e. The Balaban J connectivity index is 1.78. The third kappa shape index (κ3) is 2.86. The van der Waals surface area contributed by atoms with Crippen LogP contribution in [0.25, 0.3) is 22.3 Å². The molecule has 0 saturated carbocycles. The van der Waals surface area contributed by atoms with Gasteiger partial charge < -0.3 is 9.73 Å². The van der Waals surface area contributed by atoms with Gasteiger partial charge in [0.15, 0.2) is 5.82 Å². The second-order valence-corrected chi connectivity index (χ2v) is 5.72. The third-order valence-corrected chi connectivity index (χ3v) is 3.89. The Morgan fingerprint density at radius 1 is 0.958 bits per heavy atom. The molecule has 24 heavy (non-hydrogen) atoms. The number of aryl methyl sites for hydroxylation is 1. The van der Waals surface area contributed by atoms with Crippen molar-refractivity contribution in [1.29, 1.82) is 0 Å². The van der Waals surface area contributed by atoms with E-state index >= 15 is 0 Å². The second-order valence-electron chi connectivity index (χ2n) is 5.72. The smallest absolute Gasteiger partial charge is 0.162 e. The summed E-state index contributed by atoms with van der Waals surface area (Å²) in [5.41, 5.74) is 3.13. The first kappa shape index (κ1) is 14.5. The van der Waals surface area contributed by atoms with E-state index in [0.717, 1.165) is 33.9 Å². The van der Waals surface area contributed by atoms with Crippen molar-refractivity contribution in [3.63, 3.8) is 0 Å². The lowest BCUT2D eigenvalue weighted by Gasteiger charge is -2.10. The number of para-hydroxylation sites is 1. The zero-order valence-electron chi connectivity index (χ0n) is 13.4. The Kier molecular flexibility index (Phi) is 3.71. The highest BCUT2D eigenvalue weighted by atomic mass is 16.3. The molecular formula is C20H17N3O. The van der Waals surface area contributed by atoms with Crippen molar-refractivity contribution >= 4 is 16.7 Å². The van der Waals surface area contributed by atoms with E-state index in [2.05, 4.69) is 24.4 Å². The van der Waals surface area contributed by atoms with E-state index < -0.39 is 0 Å². The molecule has 0 aliphatic carbocycles. The Bertz CT molecular complexity index is 977. The topological polar surface area (TPSA) is 51.0 Å². The third-order valence-electron chi connectivity index (χ3n) is 3.89. The molecule has 0 spiro atoms. The molecule has 0 fully saturated rings. The number of rotatable bonds is 4. The van der Waals surface area contributed by atoms with E-state index in [0.29, 0.717) is 6.54 Å². The van der Waals surface area contributed by atoms with Crippen molar-refractivity contribution in [2.24, 2.45) is 0 Å². The van der Waals surface area contributed by atoms with Gasteiger partial charge in [-0.25, -0.2) is 9.97 Å². The fraction of sp³-hybridized carbons (Fsp3) is 0.100. The lowest BCUT2D eigenvalue weighted by atomic mass is 10.1. The van der Waals surface area contributed by atoms with E-state index in [9.17, 15) is 0 Å². The molecule has 4 aromatic rings. The predicted octanol–water partition coefficient (Wildman–Crippen LogP) is 4.81.